The van der Waals surface area contributed by atoms with Crippen molar-refractivity contribution in [3.63, 3.8) is 0 Å². The van der Waals surface area contributed by atoms with Gasteiger partial charge in [-0.05, 0) is 43.2 Å². The Bertz CT molecular complexity index is 1140. The number of halogens is 1. The minimum Gasteiger partial charge on any atom is -0.496 e. The molecule has 2 aromatic carbocycles. The van der Waals surface area contributed by atoms with Crippen LogP contribution in [0.15, 0.2) is 42.6 Å². The number of primary amides is 1. The normalized spacial score (nSPS) is 10.9. The molecule has 0 fully saturated rings. The van der Waals surface area contributed by atoms with E-state index in [4.69, 9.17) is 10.5 Å². The molecule has 0 spiro atoms. The van der Waals surface area contributed by atoms with Gasteiger partial charge >= 0.3 is 0 Å². The maximum Gasteiger partial charge on any atom is 0.259 e. The highest BCUT2D eigenvalue weighted by molar-refractivity contribution is 6.08. The van der Waals surface area contributed by atoms with Crippen molar-refractivity contribution in [2.45, 2.75) is 27.3 Å². The Balaban J connectivity index is 2.05. The molecule has 0 saturated heterocycles. The number of hydrogen-bond acceptors (Lipinski definition) is 4. The van der Waals surface area contributed by atoms with Crippen LogP contribution in [0.5, 0.6) is 5.75 Å². The quantitative estimate of drug-likeness (QED) is 0.598. The van der Waals surface area contributed by atoms with Crippen LogP contribution in [0.2, 0.25) is 0 Å². The molecule has 0 atom stereocenters. The summed E-state index contributed by atoms with van der Waals surface area (Å²) in [5, 5.41) is 7.34. The van der Waals surface area contributed by atoms with E-state index < -0.39 is 17.6 Å². The number of ether oxygens (including phenoxy) is 1. The Kier molecular flexibility index (Phi) is 6.39. The highest BCUT2D eigenvalue weighted by Crippen LogP contribution is 2.33. The van der Waals surface area contributed by atoms with Crippen molar-refractivity contribution in [3.05, 3.63) is 65.1 Å². The number of carbonyl (C=O) groups excluding carboxylic acids is 2. The molecule has 31 heavy (non-hydrogen) atoms. The Hall–Kier alpha value is -3.68. The zero-order valence-electron chi connectivity index (χ0n) is 17.9. The first kappa shape index (κ1) is 22.0. The number of aromatic nitrogens is 2. The minimum atomic E-state index is -0.913. The average molecular weight is 424 g/mol. The molecule has 1 aromatic heterocycles. The van der Waals surface area contributed by atoms with Crippen LogP contribution in [0.25, 0.3) is 11.3 Å². The number of nitrogens with one attached hydrogen (secondary N) is 1. The zero-order chi connectivity index (χ0) is 22.7. The number of rotatable bonds is 7. The van der Waals surface area contributed by atoms with E-state index in [1.54, 1.807) is 18.0 Å². The van der Waals surface area contributed by atoms with Crippen LogP contribution in [0, 0.1) is 18.7 Å². The molecule has 8 heteroatoms. The van der Waals surface area contributed by atoms with Gasteiger partial charge in [-0.15, -0.1) is 0 Å². The Morgan fingerprint density at radius 2 is 1.94 bits per heavy atom. The number of hydrogen-bond donors (Lipinski definition) is 2. The lowest BCUT2D eigenvalue weighted by Crippen LogP contribution is -2.16. The van der Waals surface area contributed by atoms with Crippen molar-refractivity contribution in [1.82, 2.24) is 9.78 Å². The third-order valence-electron chi connectivity index (χ3n) is 4.66. The molecule has 0 unspecified atom stereocenters. The first-order chi connectivity index (χ1) is 14.7. The van der Waals surface area contributed by atoms with Crippen LogP contribution in [-0.2, 0) is 6.54 Å². The molecule has 0 aliphatic heterocycles. The van der Waals surface area contributed by atoms with Crippen molar-refractivity contribution >= 4 is 17.5 Å². The molecule has 0 saturated carbocycles. The topological polar surface area (TPSA) is 99.2 Å². The van der Waals surface area contributed by atoms with Crippen molar-refractivity contribution < 1.29 is 18.7 Å². The zero-order valence-corrected chi connectivity index (χ0v) is 17.9. The molecular weight excluding hydrogens is 399 g/mol. The summed E-state index contributed by atoms with van der Waals surface area (Å²) in [5.41, 5.74) is 7.63. The fourth-order valence-electron chi connectivity index (χ4n) is 3.25. The number of nitrogens with two attached hydrogens (primary N) is 1. The summed E-state index contributed by atoms with van der Waals surface area (Å²) in [5.74, 6) is -1.20. The molecule has 0 bridgehead atoms. The standard InChI is InChI=1S/C23H25FN4O3/c1-13(2)11-28-12-18(21(27-28)17-9-14(3)5-8-20(17)31-4)23(30)26-15-6-7-19(24)16(10-15)22(25)29/h5-10,12-13H,11H2,1-4H3,(H2,25,29)(H,26,30). The molecule has 1 heterocycles. The summed E-state index contributed by atoms with van der Waals surface area (Å²) < 4.78 is 21.0. The van der Waals surface area contributed by atoms with Crippen molar-refractivity contribution in [2.75, 3.05) is 12.4 Å². The monoisotopic (exact) mass is 424 g/mol. The van der Waals surface area contributed by atoms with Crippen LogP contribution in [0.1, 0.15) is 40.1 Å². The fourth-order valence-corrected chi connectivity index (χ4v) is 3.25. The molecule has 162 valence electrons. The maximum absolute atomic E-state index is 13.8. The van der Waals surface area contributed by atoms with E-state index in [1.165, 1.54) is 12.1 Å². The van der Waals surface area contributed by atoms with E-state index in [0.717, 1.165) is 11.6 Å². The second-order valence-electron chi connectivity index (χ2n) is 7.72. The summed E-state index contributed by atoms with van der Waals surface area (Å²) in [6, 6.07) is 9.30. The van der Waals surface area contributed by atoms with Gasteiger partial charge < -0.3 is 15.8 Å². The van der Waals surface area contributed by atoms with Gasteiger partial charge in [0.15, 0.2) is 0 Å². The molecule has 2 amide bonds. The number of methoxy groups -OCH3 is 1. The van der Waals surface area contributed by atoms with Crippen LogP contribution in [0.4, 0.5) is 10.1 Å². The lowest BCUT2D eigenvalue weighted by molar-refractivity contribution is 0.0992. The third kappa shape index (κ3) is 4.91. The number of benzene rings is 2. The first-order valence-corrected chi connectivity index (χ1v) is 9.82. The molecule has 3 N–H and O–H groups in total. The molecular formula is C23H25FN4O3. The smallest absolute Gasteiger partial charge is 0.259 e. The average Bonchev–Trinajstić information content (AvgIpc) is 3.12. The molecule has 0 aliphatic carbocycles. The number of aryl methyl sites for hydroxylation is 1. The minimum absolute atomic E-state index is 0.249. The predicted octanol–water partition coefficient (Wildman–Crippen LogP) is 4.01. The summed E-state index contributed by atoms with van der Waals surface area (Å²) in [6.45, 7) is 6.67. The number of nitrogens with zero attached hydrogens (tertiary/aromatic N) is 2. The van der Waals surface area contributed by atoms with E-state index >= 15 is 0 Å². The van der Waals surface area contributed by atoms with Gasteiger partial charge in [0.2, 0.25) is 0 Å². The number of anilines is 1. The lowest BCUT2D eigenvalue weighted by atomic mass is 10.0. The van der Waals surface area contributed by atoms with E-state index in [0.29, 0.717) is 35.0 Å². The van der Waals surface area contributed by atoms with Crippen molar-refractivity contribution in [3.8, 4) is 17.0 Å². The van der Waals surface area contributed by atoms with E-state index in [1.807, 2.05) is 25.1 Å². The van der Waals surface area contributed by atoms with E-state index in [9.17, 15) is 14.0 Å². The Labute approximate surface area is 180 Å². The van der Waals surface area contributed by atoms with Gasteiger partial charge in [-0.1, -0.05) is 25.5 Å². The molecule has 0 radical (unpaired) electrons. The Morgan fingerprint density at radius 1 is 1.19 bits per heavy atom. The highest BCUT2D eigenvalue weighted by Gasteiger charge is 2.22. The molecule has 7 nitrogen and oxygen atoms in total. The first-order valence-electron chi connectivity index (χ1n) is 9.82. The summed E-state index contributed by atoms with van der Waals surface area (Å²) >= 11 is 0. The molecule has 3 aromatic rings. The third-order valence-corrected chi connectivity index (χ3v) is 4.66. The summed E-state index contributed by atoms with van der Waals surface area (Å²) in [7, 11) is 1.56. The summed E-state index contributed by atoms with van der Waals surface area (Å²) in [6.07, 6.45) is 1.67. The Morgan fingerprint density at radius 3 is 2.58 bits per heavy atom. The van der Waals surface area contributed by atoms with Gasteiger partial charge in [-0.3, -0.25) is 14.3 Å². The number of amides is 2. The van der Waals surface area contributed by atoms with Gasteiger partial charge in [-0.2, -0.15) is 5.10 Å². The fraction of sp³-hybridized carbons (Fsp3) is 0.261. The second-order valence-corrected chi connectivity index (χ2v) is 7.72. The van der Waals surface area contributed by atoms with Gasteiger partial charge in [-0.25, -0.2) is 4.39 Å². The maximum atomic E-state index is 13.8. The largest absolute Gasteiger partial charge is 0.496 e. The van der Waals surface area contributed by atoms with Gasteiger partial charge in [0, 0.05) is 24.0 Å². The van der Waals surface area contributed by atoms with Crippen LogP contribution in [0.3, 0.4) is 0 Å². The van der Waals surface area contributed by atoms with Gasteiger partial charge in [0.05, 0.1) is 18.2 Å². The van der Waals surface area contributed by atoms with Gasteiger partial charge in [0.1, 0.15) is 17.3 Å². The van der Waals surface area contributed by atoms with E-state index in [2.05, 4.69) is 24.3 Å². The molecule has 0 aliphatic rings. The predicted molar refractivity (Wildman–Crippen MR) is 117 cm³/mol. The molecule has 3 rings (SSSR count). The van der Waals surface area contributed by atoms with Gasteiger partial charge in [0.25, 0.3) is 11.8 Å². The van der Waals surface area contributed by atoms with Crippen molar-refractivity contribution in [1.29, 1.82) is 0 Å². The lowest BCUT2D eigenvalue weighted by Gasteiger charge is -2.10. The van der Waals surface area contributed by atoms with Crippen LogP contribution >= 0.6 is 0 Å². The van der Waals surface area contributed by atoms with E-state index in [-0.39, 0.29) is 11.3 Å². The van der Waals surface area contributed by atoms with Crippen molar-refractivity contribution in [2.24, 2.45) is 11.7 Å². The number of carbonyl (C=O) groups is 2. The SMILES string of the molecule is COc1ccc(C)cc1-c1nn(CC(C)C)cc1C(=O)Nc1ccc(F)c(C(N)=O)c1. The van der Waals surface area contributed by atoms with Crippen LogP contribution < -0.4 is 15.8 Å². The second kappa shape index (κ2) is 8.99. The highest BCUT2D eigenvalue weighted by atomic mass is 19.1. The summed E-state index contributed by atoms with van der Waals surface area (Å²) in [4.78, 5) is 24.6. The van der Waals surface area contributed by atoms with Crippen LogP contribution in [-0.4, -0.2) is 28.7 Å².